The van der Waals surface area contributed by atoms with Gasteiger partial charge in [0.05, 0.1) is 0 Å². The zero-order chi connectivity index (χ0) is 62.1. The summed E-state index contributed by atoms with van der Waals surface area (Å²) in [5.41, 5.74) is 8.52. The van der Waals surface area contributed by atoms with Gasteiger partial charge >= 0.3 is 358 Å². The molecule has 0 fully saturated rings. The Morgan fingerprint density at radius 3 is 1.67 bits per heavy atom. The molecule has 7 aromatic carbocycles. The van der Waals surface area contributed by atoms with Crippen molar-refractivity contribution >= 4 is 32.8 Å². The Labute approximate surface area is 469 Å². The molecule has 75 heavy (non-hydrogen) atoms. The van der Waals surface area contributed by atoms with Crippen LogP contribution >= 0.6 is 0 Å². The van der Waals surface area contributed by atoms with Crippen molar-refractivity contribution in [1.29, 1.82) is 0 Å². The van der Waals surface area contributed by atoms with Crippen LogP contribution in [0.3, 0.4) is 0 Å². The molecule has 10 aromatic rings. The van der Waals surface area contributed by atoms with E-state index in [9.17, 15) is 5.48 Å². The number of ether oxygens (including phenoxy) is 1. The van der Waals surface area contributed by atoms with Crippen LogP contribution in [0.1, 0.15) is 145 Å². The van der Waals surface area contributed by atoms with Crippen LogP contribution in [0.15, 0.2) is 164 Å². The van der Waals surface area contributed by atoms with E-state index in [4.69, 9.17) is 17.9 Å². The second-order valence-corrected chi connectivity index (χ2v) is 26.1. The maximum atomic E-state index is 9.43. The molecule has 0 spiro atoms. The first-order valence-electron chi connectivity index (χ1n) is 30.9. The van der Waals surface area contributed by atoms with Gasteiger partial charge in [-0.25, -0.2) is 0 Å². The van der Waals surface area contributed by atoms with E-state index < -0.39 is 71.3 Å². The Bertz CT molecular complexity index is 4430. The fraction of sp³-hybridized carbons (Fsp3) is 0.304. The molecule has 1 aliphatic carbocycles. The zero-order valence-electron chi connectivity index (χ0n) is 55.8. The predicted molar refractivity (Wildman–Crippen MR) is 311 cm³/mol. The average molecular weight is 1180 g/mol. The molecule has 0 amide bonds. The van der Waals surface area contributed by atoms with Crippen molar-refractivity contribution < 1.29 is 37.8 Å². The van der Waals surface area contributed by atoms with Gasteiger partial charge in [0.1, 0.15) is 0 Å². The molecular weight excluding hydrogens is 1100 g/mol. The molecule has 0 unspecified atom stereocenters. The van der Waals surface area contributed by atoms with Gasteiger partial charge in [0.15, 0.2) is 0 Å². The van der Waals surface area contributed by atoms with E-state index >= 15 is 0 Å². The fourth-order valence-corrected chi connectivity index (χ4v) is 12.4. The molecular formula is C69H72N4OPt. The summed E-state index contributed by atoms with van der Waals surface area (Å²) < 4.78 is 105. The Balaban J connectivity index is 1.19. The number of fused-ring (bicyclic) bond motifs is 6. The van der Waals surface area contributed by atoms with Crippen LogP contribution < -0.4 is 4.74 Å². The molecule has 0 radical (unpaired) electrons. The monoisotopic (exact) mass is 1180 g/mol. The first-order valence-corrected chi connectivity index (χ1v) is 27.0. The molecule has 0 saturated heterocycles. The normalized spacial score (nSPS) is 17.1. The minimum absolute atomic E-state index is 0.0963. The van der Waals surface area contributed by atoms with Crippen molar-refractivity contribution in [2.45, 2.75) is 131 Å². The Morgan fingerprint density at radius 2 is 1.08 bits per heavy atom. The van der Waals surface area contributed by atoms with Gasteiger partial charge in [-0.05, 0) is 38.9 Å². The van der Waals surface area contributed by atoms with Gasteiger partial charge in [0, 0.05) is 6.20 Å². The number of hydrogen-bond acceptors (Lipinski definition) is 2. The van der Waals surface area contributed by atoms with Crippen molar-refractivity contribution in [2.75, 3.05) is 0 Å². The first kappa shape index (κ1) is 39.8. The summed E-state index contributed by atoms with van der Waals surface area (Å²) in [6.45, 7) is 33.3. The number of nitrogens with zero attached hydrogens (tertiary/aromatic N) is 4. The second kappa shape index (κ2) is 17.5. The summed E-state index contributed by atoms with van der Waals surface area (Å²) >= 11 is 2.24. The van der Waals surface area contributed by atoms with Gasteiger partial charge in [0.25, 0.3) is 0 Å². The van der Waals surface area contributed by atoms with Crippen LogP contribution in [-0.4, -0.2) is 18.7 Å². The van der Waals surface area contributed by atoms with Crippen LogP contribution in [0, 0.1) is 9.22 Å². The number of aromatic nitrogens is 4. The summed E-state index contributed by atoms with van der Waals surface area (Å²) in [4.78, 5) is 5.13. The third kappa shape index (κ3) is 8.14. The Hall–Kier alpha value is -6.55. The standard InChI is InChI=1S/C69H72N4O.Pt/c1-64(2,3)46-34-35-70-60(40-46)73-59-42-50(30-31-52(59)53-32-33-56-61(63(53)73)68(12,13)69(14,15)67(56,10)11)74-51-37-47(65(4,5)6)36-49(41-51)71-43-72(58-29-23-22-28-57(58)71)62-54(44-24-18-16-19-25-44)38-48(66(7,8)9)39-55(62)45-26-20-17-21-27-45;/h16-42H,1-15H3;/i16D,17D,18D,19D,20D,21D,24D,25D,26D,27D;. The molecule has 3 heterocycles. The van der Waals surface area contributed by atoms with Gasteiger partial charge in [-0.2, -0.15) is 0 Å². The van der Waals surface area contributed by atoms with E-state index in [1.54, 1.807) is 0 Å². The molecule has 6 heteroatoms. The SMILES string of the molecule is [2H]c1c([2H])c([2H])c(-c2cc(C(C)(C)C)cc(-c3c([2H])c([2H])c([2H])c([2H])c3[2H])c2-n2[c](=[Pt])n(-c3cc(Oc4ccc5c6ccc7c(c6n(-c6cc(C(C)(C)C)ccn6)c5c4)C(C)(C)C(C)(C)C7(C)C)cc(C(C)(C)C)c3)c3ccccc32)c([2H])c1[2H]. The Kier molecular flexibility index (Phi) is 9.29. The summed E-state index contributed by atoms with van der Waals surface area (Å²) in [5.74, 6) is 2.01. The third-order valence-corrected chi connectivity index (χ3v) is 17.9. The minimum atomic E-state index is -0.640. The molecule has 0 aliphatic heterocycles. The van der Waals surface area contributed by atoms with Crippen molar-refractivity contribution in [1.82, 2.24) is 18.7 Å². The first-order chi connectivity index (χ1) is 39.4. The van der Waals surface area contributed by atoms with Gasteiger partial charge in [-0.3, -0.25) is 0 Å². The molecule has 0 bridgehead atoms. The van der Waals surface area contributed by atoms with E-state index in [2.05, 4.69) is 160 Å². The van der Waals surface area contributed by atoms with E-state index in [1.807, 2.05) is 80.1 Å². The summed E-state index contributed by atoms with van der Waals surface area (Å²) in [7, 11) is 0. The number of rotatable bonds is 7. The molecule has 0 atom stereocenters. The molecule has 5 nitrogen and oxygen atoms in total. The Morgan fingerprint density at radius 1 is 0.520 bits per heavy atom. The summed E-state index contributed by atoms with van der Waals surface area (Å²) in [6.07, 6.45) is 1.92. The van der Waals surface area contributed by atoms with Gasteiger partial charge in [0.2, 0.25) is 0 Å². The number of hydrogen-bond donors (Lipinski definition) is 0. The number of pyridine rings is 1. The van der Waals surface area contributed by atoms with Crippen LogP contribution in [0.5, 0.6) is 11.5 Å². The molecule has 0 saturated carbocycles. The van der Waals surface area contributed by atoms with Crippen LogP contribution in [-0.2, 0) is 46.4 Å². The van der Waals surface area contributed by atoms with Crippen LogP contribution in [0.4, 0.5) is 0 Å². The van der Waals surface area contributed by atoms with Crippen molar-refractivity contribution in [3.63, 3.8) is 0 Å². The number of para-hydroxylation sites is 2. The summed E-state index contributed by atoms with van der Waals surface area (Å²) in [6, 6.07) is 27.8. The van der Waals surface area contributed by atoms with Gasteiger partial charge < -0.3 is 0 Å². The quantitative estimate of drug-likeness (QED) is 0.159. The van der Waals surface area contributed by atoms with Crippen LogP contribution in [0.2, 0.25) is 0 Å². The van der Waals surface area contributed by atoms with Gasteiger partial charge in [-0.15, -0.1) is 0 Å². The molecule has 11 rings (SSSR count). The topological polar surface area (TPSA) is 36.9 Å². The van der Waals surface area contributed by atoms with Crippen LogP contribution in [0.25, 0.3) is 72.3 Å². The maximum absolute atomic E-state index is 9.43. The van der Waals surface area contributed by atoms with Gasteiger partial charge in [-0.1, -0.05) is 68.4 Å². The number of imidazole rings is 1. The average Bonchev–Trinajstić information content (AvgIpc) is 1.59. The molecule has 1 aliphatic rings. The third-order valence-electron chi connectivity index (χ3n) is 16.9. The predicted octanol–water partition coefficient (Wildman–Crippen LogP) is 18.6. The van der Waals surface area contributed by atoms with Crippen molar-refractivity contribution in [3.05, 3.63) is 195 Å². The van der Waals surface area contributed by atoms with Crippen molar-refractivity contribution in [2.24, 2.45) is 5.41 Å². The molecule has 0 N–H and O–H groups in total. The number of benzene rings is 7. The van der Waals surface area contributed by atoms with E-state index in [0.717, 1.165) is 44.4 Å². The zero-order valence-corrected chi connectivity index (χ0v) is 48.1. The molecule has 3 aromatic heterocycles. The second-order valence-electron chi connectivity index (χ2n) is 25.1. The van der Waals surface area contributed by atoms with E-state index in [0.29, 0.717) is 26.4 Å². The fourth-order valence-electron chi connectivity index (χ4n) is 11.3. The summed E-state index contributed by atoms with van der Waals surface area (Å²) in [5, 5.41) is 2.22. The van der Waals surface area contributed by atoms with Crippen molar-refractivity contribution in [3.8, 4) is 50.9 Å². The molecule has 384 valence electrons. The van der Waals surface area contributed by atoms with E-state index in [1.165, 1.54) is 16.7 Å². The van der Waals surface area contributed by atoms with E-state index in [-0.39, 0.29) is 49.6 Å².